The van der Waals surface area contributed by atoms with Gasteiger partial charge < -0.3 is 9.84 Å². The highest BCUT2D eigenvalue weighted by Gasteiger charge is 2.25. The number of aryl methyl sites for hydroxylation is 1. The molecule has 0 aliphatic rings. The molecule has 0 radical (unpaired) electrons. The van der Waals surface area contributed by atoms with Gasteiger partial charge in [-0.05, 0) is 69.4 Å². The van der Waals surface area contributed by atoms with E-state index >= 15 is 0 Å². The van der Waals surface area contributed by atoms with E-state index in [4.69, 9.17) is 4.74 Å². The van der Waals surface area contributed by atoms with Crippen molar-refractivity contribution in [1.82, 2.24) is 4.90 Å². The molecule has 0 saturated carbocycles. The molecule has 0 amide bonds. The minimum Gasteiger partial charge on any atom is -0.508 e. The summed E-state index contributed by atoms with van der Waals surface area (Å²) in [6.45, 7) is 10.5. The standard InChI is InChI=1S/C24H33NO3/c1-17(2)25(18(3)4)23(21-9-7-6-8-10-21)13-12-22-15-20(11-14-24(22)27)16-28-19(5)26/h6-11,14-15,17-18,23,27H,12-13,16H2,1-5H3. The van der Waals surface area contributed by atoms with E-state index in [9.17, 15) is 9.90 Å². The Hall–Kier alpha value is -2.33. The fourth-order valence-electron chi connectivity index (χ4n) is 3.89. The lowest BCUT2D eigenvalue weighted by atomic mass is 9.94. The molecule has 2 rings (SSSR count). The molecule has 0 aliphatic heterocycles. The number of rotatable bonds is 9. The molecule has 2 aromatic carbocycles. The summed E-state index contributed by atoms with van der Waals surface area (Å²) in [5, 5.41) is 10.3. The number of esters is 1. The van der Waals surface area contributed by atoms with E-state index in [1.54, 1.807) is 12.1 Å². The first-order chi connectivity index (χ1) is 13.3. The lowest BCUT2D eigenvalue weighted by Gasteiger charge is -2.39. The third-order valence-corrected chi connectivity index (χ3v) is 5.01. The van der Waals surface area contributed by atoms with Crippen LogP contribution < -0.4 is 0 Å². The molecule has 2 aromatic rings. The maximum absolute atomic E-state index is 11.1. The molecule has 1 N–H and O–H groups in total. The highest BCUT2D eigenvalue weighted by molar-refractivity contribution is 5.65. The van der Waals surface area contributed by atoms with Crippen molar-refractivity contribution in [1.29, 1.82) is 0 Å². The van der Waals surface area contributed by atoms with Gasteiger partial charge in [-0.1, -0.05) is 36.4 Å². The van der Waals surface area contributed by atoms with Crippen molar-refractivity contribution < 1.29 is 14.6 Å². The summed E-state index contributed by atoms with van der Waals surface area (Å²) in [7, 11) is 0. The van der Waals surface area contributed by atoms with Gasteiger partial charge in [0.25, 0.3) is 0 Å². The van der Waals surface area contributed by atoms with Crippen LogP contribution in [0.2, 0.25) is 0 Å². The highest BCUT2D eigenvalue weighted by atomic mass is 16.5. The van der Waals surface area contributed by atoms with Crippen LogP contribution >= 0.6 is 0 Å². The van der Waals surface area contributed by atoms with Gasteiger partial charge in [0.15, 0.2) is 0 Å². The van der Waals surface area contributed by atoms with Crippen LogP contribution in [-0.2, 0) is 22.6 Å². The topological polar surface area (TPSA) is 49.8 Å². The zero-order valence-corrected chi connectivity index (χ0v) is 17.7. The number of phenolic OH excluding ortho intramolecular Hbond substituents is 1. The van der Waals surface area contributed by atoms with Crippen molar-refractivity contribution in [3.63, 3.8) is 0 Å². The van der Waals surface area contributed by atoms with E-state index in [1.165, 1.54) is 12.5 Å². The molecule has 0 fully saturated rings. The third-order valence-electron chi connectivity index (χ3n) is 5.01. The van der Waals surface area contributed by atoms with Gasteiger partial charge in [-0.3, -0.25) is 9.69 Å². The molecule has 4 heteroatoms. The number of ether oxygens (including phenoxy) is 1. The Bertz CT molecular complexity index is 748. The van der Waals surface area contributed by atoms with Crippen LogP contribution in [0.1, 0.15) is 63.8 Å². The SMILES string of the molecule is CC(=O)OCc1ccc(O)c(CCC(c2ccccc2)N(C(C)C)C(C)C)c1. The van der Waals surface area contributed by atoms with Gasteiger partial charge >= 0.3 is 5.97 Å². The van der Waals surface area contributed by atoms with Gasteiger partial charge in [-0.15, -0.1) is 0 Å². The first kappa shape index (κ1) is 22.0. The predicted octanol–water partition coefficient (Wildman–Crippen LogP) is 5.25. The molecule has 28 heavy (non-hydrogen) atoms. The van der Waals surface area contributed by atoms with Crippen molar-refractivity contribution in [3.8, 4) is 5.75 Å². The minimum absolute atomic E-state index is 0.231. The molecule has 0 aliphatic carbocycles. The van der Waals surface area contributed by atoms with Crippen molar-refractivity contribution in [3.05, 3.63) is 65.2 Å². The molecule has 0 saturated heterocycles. The number of carbonyl (C=O) groups excluding carboxylic acids is 1. The lowest BCUT2D eigenvalue weighted by Crippen LogP contribution is -2.40. The smallest absolute Gasteiger partial charge is 0.302 e. The summed E-state index contributed by atoms with van der Waals surface area (Å²) in [6.07, 6.45) is 1.64. The molecule has 0 aromatic heterocycles. The predicted molar refractivity (Wildman–Crippen MR) is 113 cm³/mol. The van der Waals surface area contributed by atoms with E-state index in [1.807, 2.05) is 12.1 Å². The molecule has 1 atom stereocenters. The number of aromatic hydroxyl groups is 1. The maximum Gasteiger partial charge on any atom is 0.302 e. The van der Waals surface area contributed by atoms with Gasteiger partial charge in [0, 0.05) is 25.0 Å². The van der Waals surface area contributed by atoms with E-state index in [0.29, 0.717) is 17.8 Å². The molecule has 0 heterocycles. The Labute approximate surface area is 169 Å². The minimum atomic E-state index is -0.303. The Morgan fingerprint density at radius 3 is 2.25 bits per heavy atom. The zero-order chi connectivity index (χ0) is 20.7. The summed E-state index contributed by atoms with van der Waals surface area (Å²) in [5.74, 6) is -0.0118. The number of carbonyl (C=O) groups is 1. The summed E-state index contributed by atoms with van der Waals surface area (Å²) in [4.78, 5) is 13.6. The van der Waals surface area contributed by atoms with Crippen molar-refractivity contribution >= 4 is 5.97 Å². The molecule has 1 unspecified atom stereocenters. The van der Waals surface area contributed by atoms with Gasteiger partial charge in [0.1, 0.15) is 12.4 Å². The van der Waals surface area contributed by atoms with E-state index in [2.05, 4.69) is 56.9 Å². The largest absolute Gasteiger partial charge is 0.508 e. The van der Waals surface area contributed by atoms with Crippen LogP contribution in [0, 0.1) is 0 Å². The third kappa shape index (κ3) is 6.10. The fourth-order valence-corrected chi connectivity index (χ4v) is 3.89. The molecular weight excluding hydrogens is 350 g/mol. The van der Waals surface area contributed by atoms with Crippen LogP contribution in [0.3, 0.4) is 0 Å². The Morgan fingerprint density at radius 2 is 1.68 bits per heavy atom. The van der Waals surface area contributed by atoms with Gasteiger partial charge in [0.05, 0.1) is 0 Å². The first-order valence-corrected chi connectivity index (χ1v) is 10.1. The average molecular weight is 384 g/mol. The van der Waals surface area contributed by atoms with Gasteiger partial charge in [-0.2, -0.15) is 0 Å². The van der Waals surface area contributed by atoms with Crippen molar-refractivity contribution in [2.45, 2.75) is 72.2 Å². The van der Waals surface area contributed by atoms with Gasteiger partial charge in [0.2, 0.25) is 0 Å². The number of hydrogen-bond acceptors (Lipinski definition) is 4. The van der Waals surface area contributed by atoms with Crippen LogP contribution in [0.5, 0.6) is 5.75 Å². The van der Waals surface area contributed by atoms with Crippen LogP contribution in [-0.4, -0.2) is 28.1 Å². The monoisotopic (exact) mass is 383 g/mol. The Morgan fingerprint density at radius 1 is 1.04 bits per heavy atom. The van der Waals surface area contributed by atoms with E-state index in [-0.39, 0.29) is 18.6 Å². The number of benzene rings is 2. The molecule has 0 bridgehead atoms. The van der Waals surface area contributed by atoms with E-state index in [0.717, 1.165) is 24.0 Å². The molecular formula is C24H33NO3. The summed E-state index contributed by atoms with van der Waals surface area (Å²) in [6, 6.07) is 17.1. The number of hydrogen-bond donors (Lipinski definition) is 1. The molecule has 152 valence electrons. The Balaban J connectivity index is 2.23. The van der Waals surface area contributed by atoms with Crippen LogP contribution in [0.4, 0.5) is 0 Å². The Kier molecular flexibility index (Phi) is 8.06. The quantitative estimate of drug-likeness (QED) is 0.601. The van der Waals surface area contributed by atoms with E-state index < -0.39 is 0 Å². The normalized spacial score (nSPS) is 12.6. The summed E-state index contributed by atoms with van der Waals surface area (Å²) in [5.41, 5.74) is 3.07. The molecule has 0 spiro atoms. The fraction of sp³-hybridized carbons (Fsp3) is 0.458. The summed E-state index contributed by atoms with van der Waals surface area (Å²) >= 11 is 0. The maximum atomic E-state index is 11.1. The number of nitrogens with zero attached hydrogens (tertiary/aromatic N) is 1. The van der Waals surface area contributed by atoms with Crippen molar-refractivity contribution in [2.75, 3.05) is 0 Å². The number of phenols is 1. The second kappa shape index (κ2) is 10.3. The van der Waals surface area contributed by atoms with Crippen molar-refractivity contribution in [2.24, 2.45) is 0 Å². The lowest BCUT2D eigenvalue weighted by molar-refractivity contribution is -0.142. The van der Waals surface area contributed by atoms with Crippen LogP contribution in [0.15, 0.2) is 48.5 Å². The summed E-state index contributed by atoms with van der Waals surface area (Å²) < 4.78 is 5.09. The van der Waals surface area contributed by atoms with Gasteiger partial charge in [-0.25, -0.2) is 0 Å². The zero-order valence-electron chi connectivity index (χ0n) is 17.7. The second-order valence-corrected chi connectivity index (χ2v) is 7.84. The highest BCUT2D eigenvalue weighted by Crippen LogP contribution is 2.31. The first-order valence-electron chi connectivity index (χ1n) is 10.1. The average Bonchev–Trinajstić information content (AvgIpc) is 2.65. The van der Waals surface area contributed by atoms with Crippen LogP contribution in [0.25, 0.3) is 0 Å². The second-order valence-electron chi connectivity index (χ2n) is 7.84. The molecule has 4 nitrogen and oxygen atoms in total.